The minimum atomic E-state index is -1.04. The molecule has 7 nitrogen and oxygen atoms in total. The smallest absolute Gasteiger partial charge is 0.339 e. The van der Waals surface area contributed by atoms with Gasteiger partial charge in [-0.25, -0.2) is 4.79 Å². The standard InChI is InChI=1S/C31H32O7/c1-3-10-22-26(13-7-14-28(22)38-29-12-6-5-11-23(29)31(33)34)36-17-9-18-37-30-20-25(32)24(19-21(30)4-2)27-15-8-16-35-27/h5-8,11-16,19-20,32H,3-4,9-10,17-18H2,1-2H3,(H,33,34). The van der Waals surface area contributed by atoms with E-state index in [2.05, 4.69) is 6.92 Å². The Labute approximate surface area is 222 Å². The maximum atomic E-state index is 11.6. The molecule has 0 aliphatic heterocycles. The van der Waals surface area contributed by atoms with Gasteiger partial charge in [0.05, 0.1) is 25.0 Å². The van der Waals surface area contributed by atoms with Gasteiger partial charge >= 0.3 is 5.97 Å². The largest absolute Gasteiger partial charge is 0.507 e. The van der Waals surface area contributed by atoms with Gasteiger partial charge in [0.2, 0.25) is 0 Å². The first-order chi connectivity index (χ1) is 18.5. The van der Waals surface area contributed by atoms with Crippen molar-refractivity contribution in [2.24, 2.45) is 0 Å². The van der Waals surface area contributed by atoms with Crippen LogP contribution in [0, 0.1) is 0 Å². The van der Waals surface area contributed by atoms with E-state index in [9.17, 15) is 15.0 Å². The summed E-state index contributed by atoms with van der Waals surface area (Å²) in [5.74, 6) is 1.88. The number of carbonyl (C=O) groups is 1. The number of hydrogen-bond acceptors (Lipinski definition) is 6. The van der Waals surface area contributed by atoms with Gasteiger partial charge in [0.15, 0.2) is 0 Å². The highest BCUT2D eigenvalue weighted by Gasteiger charge is 2.16. The number of carboxylic acid groups (broad SMARTS) is 1. The molecule has 0 aliphatic rings. The fourth-order valence-corrected chi connectivity index (χ4v) is 4.20. The lowest BCUT2D eigenvalue weighted by Gasteiger charge is -2.17. The van der Waals surface area contributed by atoms with Crippen LogP contribution in [0.1, 0.15) is 48.2 Å². The lowest BCUT2D eigenvalue weighted by atomic mass is 10.0. The SMILES string of the molecule is CCCc1c(OCCCOc2cc(O)c(-c3ccco3)cc2CC)cccc1Oc1ccccc1C(=O)O. The summed E-state index contributed by atoms with van der Waals surface area (Å²) in [5.41, 5.74) is 2.61. The van der Waals surface area contributed by atoms with Crippen molar-refractivity contribution < 1.29 is 33.6 Å². The zero-order valence-corrected chi connectivity index (χ0v) is 21.6. The summed E-state index contributed by atoms with van der Waals surface area (Å²) in [6, 6.07) is 19.3. The van der Waals surface area contributed by atoms with Crippen LogP contribution in [-0.4, -0.2) is 29.4 Å². The van der Waals surface area contributed by atoms with Gasteiger partial charge in [0.1, 0.15) is 40.1 Å². The molecule has 0 spiro atoms. The van der Waals surface area contributed by atoms with Gasteiger partial charge in [-0.3, -0.25) is 0 Å². The lowest BCUT2D eigenvalue weighted by Crippen LogP contribution is -2.08. The maximum Gasteiger partial charge on any atom is 0.339 e. The lowest BCUT2D eigenvalue weighted by molar-refractivity contribution is 0.0694. The highest BCUT2D eigenvalue weighted by Crippen LogP contribution is 2.37. The van der Waals surface area contributed by atoms with Gasteiger partial charge in [-0.15, -0.1) is 0 Å². The fraction of sp³-hybridized carbons (Fsp3) is 0.258. The summed E-state index contributed by atoms with van der Waals surface area (Å²) in [4.78, 5) is 11.6. The average Bonchev–Trinajstić information content (AvgIpc) is 3.45. The Morgan fingerprint density at radius 2 is 1.61 bits per heavy atom. The highest BCUT2D eigenvalue weighted by molar-refractivity contribution is 5.91. The predicted octanol–water partition coefficient (Wildman–Crippen LogP) is 7.51. The minimum Gasteiger partial charge on any atom is -0.507 e. The number of rotatable bonds is 13. The molecule has 0 fully saturated rings. The molecule has 0 radical (unpaired) electrons. The number of aromatic carboxylic acids is 1. The molecule has 0 atom stereocenters. The van der Waals surface area contributed by atoms with Crippen LogP contribution < -0.4 is 14.2 Å². The van der Waals surface area contributed by atoms with Crippen molar-refractivity contribution >= 4 is 5.97 Å². The molecule has 1 heterocycles. The van der Waals surface area contributed by atoms with E-state index in [1.807, 2.05) is 37.3 Å². The molecule has 3 aromatic carbocycles. The Kier molecular flexibility index (Phi) is 8.93. The van der Waals surface area contributed by atoms with Gasteiger partial charge in [0.25, 0.3) is 0 Å². The monoisotopic (exact) mass is 516 g/mol. The molecule has 4 rings (SSSR count). The van der Waals surface area contributed by atoms with Crippen molar-refractivity contribution in [1.82, 2.24) is 0 Å². The summed E-state index contributed by atoms with van der Waals surface area (Å²) in [6.07, 6.45) is 4.55. The molecule has 0 amide bonds. The van der Waals surface area contributed by atoms with E-state index in [0.29, 0.717) is 48.2 Å². The minimum absolute atomic E-state index is 0.105. The van der Waals surface area contributed by atoms with Crippen LogP contribution in [0.2, 0.25) is 0 Å². The third kappa shape index (κ3) is 6.29. The number of para-hydroxylation sites is 1. The Balaban J connectivity index is 1.39. The number of furan rings is 1. The van der Waals surface area contributed by atoms with Crippen LogP contribution in [-0.2, 0) is 12.8 Å². The van der Waals surface area contributed by atoms with Crippen molar-refractivity contribution in [3.8, 4) is 40.1 Å². The second kappa shape index (κ2) is 12.7. The van der Waals surface area contributed by atoms with Crippen molar-refractivity contribution in [3.05, 3.63) is 89.7 Å². The van der Waals surface area contributed by atoms with E-state index in [1.54, 1.807) is 36.6 Å². The summed E-state index contributed by atoms with van der Waals surface area (Å²) in [7, 11) is 0. The number of hydrogen-bond donors (Lipinski definition) is 2. The molecule has 0 unspecified atom stereocenters. The Morgan fingerprint density at radius 1 is 0.868 bits per heavy atom. The molecule has 1 aromatic heterocycles. The Bertz CT molecular complexity index is 1360. The number of carboxylic acids is 1. The quantitative estimate of drug-likeness (QED) is 0.177. The maximum absolute atomic E-state index is 11.6. The second-order valence-electron chi connectivity index (χ2n) is 8.74. The third-order valence-corrected chi connectivity index (χ3v) is 6.08. The van der Waals surface area contributed by atoms with Gasteiger partial charge in [0, 0.05) is 18.1 Å². The summed E-state index contributed by atoms with van der Waals surface area (Å²) in [6.45, 7) is 4.94. The van der Waals surface area contributed by atoms with E-state index >= 15 is 0 Å². The number of aromatic hydroxyl groups is 1. The van der Waals surface area contributed by atoms with Gasteiger partial charge in [-0.1, -0.05) is 38.5 Å². The molecule has 38 heavy (non-hydrogen) atoms. The molecule has 0 saturated heterocycles. The Hall–Kier alpha value is -4.39. The molecule has 0 bridgehead atoms. The molecular formula is C31H32O7. The number of phenols is 1. The van der Waals surface area contributed by atoms with E-state index in [-0.39, 0.29) is 17.1 Å². The molecule has 4 aromatic rings. The number of benzene rings is 3. The number of ether oxygens (including phenoxy) is 3. The first-order valence-corrected chi connectivity index (χ1v) is 12.8. The molecule has 0 aliphatic carbocycles. The van der Waals surface area contributed by atoms with E-state index in [0.717, 1.165) is 30.4 Å². The van der Waals surface area contributed by atoms with Gasteiger partial charge in [-0.2, -0.15) is 0 Å². The van der Waals surface area contributed by atoms with Crippen LogP contribution in [0.25, 0.3) is 11.3 Å². The topological polar surface area (TPSA) is 98.4 Å². The van der Waals surface area contributed by atoms with Crippen LogP contribution in [0.15, 0.2) is 77.4 Å². The first-order valence-electron chi connectivity index (χ1n) is 12.8. The molecule has 0 saturated carbocycles. The van der Waals surface area contributed by atoms with Gasteiger partial charge < -0.3 is 28.8 Å². The van der Waals surface area contributed by atoms with Crippen molar-refractivity contribution in [2.45, 2.75) is 39.5 Å². The van der Waals surface area contributed by atoms with Crippen LogP contribution in [0.4, 0.5) is 0 Å². The average molecular weight is 517 g/mol. The molecule has 198 valence electrons. The van der Waals surface area contributed by atoms with Gasteiger partial charge in [-0.05, 0) is 60.9 Å². The van der Waals surface area contributed by atoms with Crippen LogP contribution in [0.5, 0.6) is 28.7 Å². The predicted molar refractivity (Wildman–Crippen MR) is 145 cm³/mol. The Morgan fingerprint density at radius 3 is 2.32 bits per heavy atom. The van der Waals surface area contributed by atoms with Crippen molar-refractivity contribution in [3.63, 3.8) is 0 Å². The zero-order chi connectivity index (χ0) is 26.9. The second-order valence-corrected chi connectivity index (χ2v) is 8.74. The summed E-state index contributed by atoms with van der Waals surface area (Å²) < 4.78 is 23.5. The van der Waals surface area contributed by atoms with Crippen LogP contribution in [0.3, 0.4) is 0 Å². The number of phenolic OH excluding ortho intramolecular Hbond substituents is 1. The van der Waals surface area contributed by atoms with E-state index < -0.39 is 5.97 Å². The molecular weight excluding hydrogens is 484 g/mol. The molecule has 2 N–H and O–H groups in total. The van der Waals surface area contributed by atoms with Crippen molar-refractivity contribution in [1.29, 1.82) is 0 Å². The summed E-state index contributed by atoms with van der Waals surface area (Å²) in [5, 5.41) is 20.0. The zero-order valence-electron chi connectivity index (χ0n) is 21.6. The van der Waals surface area contributed by atoms with E-state index in [1.165, 1.54) is 6.07 Å². The summed E-state index contributed by atoms with van der Waals surface area (Å²) >= 11 is 0. The van der Waals surface area contributed by atoms with Crippen molar-refractivity contribution in [2.75, 3.05) is 13.2 Å². The fourth-order valence-electron chi connectivity index (χ4n) is 4.20. The van der Waals surface area contributed by atoms with E-state index in [4.69, 9.17) is 18.6 Å². The number of aryl methyl sites for hydroxylation is 1. The third-order valence-electron chi connectivity index (χ3n) is 6.08. The normalized spacial score (nSPS) is 10.8. The van der Waals surface area contributed by atoms with Crippen LogP contribution >= 0.6 is 0 Å². The molecule has 7 heteroatoms. The first kappa shape index (κ1) is 26.7. The highest BCUT2D eigenvalue weighted by atomic mass is 16.5.